The van der Waals surface area contributed by atoms with Gasteiger partial charge in [0.1, 0.15) is 0 Å². The van der Waals surface area contributed by atoms with Crippen LogP contribution in [-0.4, -0.2) is 34.5 Å². The summed E-state index contributed by atoms with van der Waals surface area (Å²) in [6.07, 6.45) is 2.41. The van der Waals surface area contributed by atoms with Crippen molar-refractivity contribution in [3.05, 3.63) is 17.8 Å². The summed E-state index contributed by atoms with van der Waals surface area (Å²) < 4.78 is 0. The third-order valence-electron chi connectivity index (χ3n) is 2.41. The second-order valence-corrected chi connectivity index (χ2v) is 3.68. The lowest BCUT2D eigenvalue weighted by molar-refractivity contribution is 0.301. The van der Waals surface area contributed by atoms with Gasteiger partial charge in [-0.3, -0.25) is 0 Å². The maximum Gasteiger partial charge on any atom is 0.151 e. The molecule has 0 radical (unpaired) electrons. The van der Waals surface area contributed by atoms with Gasteiger partial charge in [-0.1, -0.05) is 0 Å². The van der Waals surface area contributed by atoms with Crippen LogP contribution in [0.4, 0.5) is 5.82 Å². The molecule has 0 saturated heterocycles. The van der Waals surface area contributed by atoms with Crippen LogP contribution in [0.2, 0.25) is 0 Å². The fourth-order valence-electron chi connectivity index (χ4n) is 1.52. The fourth-order valence-corrected chi connectivity index (χ4v) is 1.52. The Morgan fingerprint density at radius 1 is 1.43 bits per heavy atom. The molecule has 1 heterocycles. The summed E-state index contributed by atoms with van der Waals surface area (Å²) in [4.78, 5) is 2.13. The smallest absolute Gasteiger partial charge is 0.151 e. The highest BCUT2D eigenvalue weighted by atomic mass is 16.3. The zero-order chi connectivity index (χ0) is 9.97. The van der Waals surface area contributed by atoms with Gasteiger partial charge in [-0.05, 0) is 31.9 Å². The van der Waals surface area contributed by atoms with E-state index in [1.165, 1.54) is 12.8 Å². The SMILES string of the molecule is Cc1ccc(N(CCO)C2CC2)nn1. The van der Waals surface area contributed by atoms with Gasteiger partial charge < -0.3 is 10.0 Å². The zero-order valence-electron chi connectivity index (χ0n) is 8.35. The van der Waals surface area contributed by atoms with Crippen LogP contribution in [0, 0.1) is 6.92 Å². The van der Waals surface area contributed by atoms with Crippen molar-refractivity contribution >= 4 is 5.82 Å². The van der Waals surface area contributed by atoms with Gasteiger partial charge in [0.15, 0.2) is 5.82 Å². The summed E-state index contributed by atoms with van der Waals surface area (Å²) in [5.41, 5.74) is 0.925. The van der Waals surface area contributed by atoms with E-state index in [-0.39, 0.29) is 6.61 Å². The lowest BCUT2D eigenvalue weighted by Gasteiger charge is -2.21. The standard InChI is InChI=1S/C10H15N3O/c1-8-2-5-10(12-11-8)13(6-7-14)9-3-4-9/h2,5,9,14H,3-4,6-7H2,1H3. The molecule has 76 valence electrons. The van der Waals surface area contributed by atoms with Crippen LogP contribution >= 0.6 is 0 Å². The molecule has 0 atom stereocenters. The fraction of sp³-hybridized carbons (Fsp3) is 0.600. The maximum atomic E-state index is 8.94. The molecule has 1 aromatic rings. The first-order chi connectivity index (χ1) is 6.81. The van der Waals surface area contributed by atoms with E-state index in [4.69, 9.17) is 5.11 Å². The Morgan fingerprint density at radius 2 is 2.21 bits per heavy atom. The number of aryl methyl sites for hydroxylation is 1. The van der Waals surface area contributed by atoms with Crippen molar-refractivity contribution in [1.82, 2.24) is 10.2 Å². The van der Waals surface area contributed by atoms with Crippen LogP contribution in [0.25, 0.3) is 0 Å². The van der Waals surface area contributed by atoms with Gasteiger partial charge in [0, 0.05) is 12.6 Å². The molecule has 0 amide bonds. The van der Waals surface area contributed by atoms with Crippen molar-refractivity contribution in [3.63, 3.8) is 0 Å². The first-order valence-corrected chi connectivity index (χ1v) is 4.99. The lowest BCUT2D eigenvalue weighted by atomic mass is 10.4. The van der Waals surface area contributed by atoms with Gasteiger partial charge in [0.25, 0.3) is 0 Å². The highest BCUT2D eigenvalue weighted by Gasteiger charge is 2.29. The number of aliphatic hydroxyl groups is 1. The van der Waals surface area contributed by atoms with Crippen LogP contribution in [0.15, 0.2) is 12.1 Å². The summed E-state index contributed by atoms with van der Waals surface area (Å²) in [6.45, 7) is 2.75. The van der Waals surface area contributed by atoms with E-state index in [1.54, 1.807) is 0 Å². The monoisotopic (exact) mass is 193 g/mol. The van der Waals surface area contributed by atoms with E-state index in [1.807, 2.05) is 19.1 Å². The van der Waals surface area contributed by atoms with E-state index in [9.17, 15) is 0 Å². The number of aliphatic hydroxyl groups excluding tert-OH is 1. The van der Waals surface area contributed by atoms with E-state index >= 15 is 0 Å². The first kappa shape index (κ1) is 9.40. The molecule has 1 N–H and O–H groups in total. The van der Waals surface area contributed by atoms with Crippen LogP contribution < -0.4 is 4.90 Å². The molecule has 0 aromatic carbocycles. The topological polar surface area (TPSA) is 49.2 Å². The molecule has 4 heteroatoms. The summed E-state index contributed by atoms with van der Waals surface area (Å²) in [5, 5.41) is 17.1. The molecule has 0 aliphatic heterocycles. The molecule has 0 spiro atoms. The Morgan fingerprint density at radius 3 is 2.71 bits per heavy atom. The van der Waals surface area contributed by atoms with E-state index < -0.39 is 0 Å². The average Bonchev–Trinajstić information content (AvgIpc) is 2.99. The average molecular weight is 193 g/mol. The second kappa shape index (κ2) is 3.92. The third kappa shape index (κ3) is 2.01. The Kier molecular flexibility index (Phi) is 2.63. The van der Waals surface area contributed by atoms with Crippen molar-refractivity contribution in [1.29, 1.82) is 0 Å². The van der Waals surface area contributed by atoms with Crippen molar-refractivity contribution in [2.75, 3.05) is 18.1 Å². The molecule has 1 aromatic heterocycles. The molecule has 0 bridgehead atoms. The largest absolute Gasteiger partial charge is 0.395 e. The molecular weight excluding hydrogens is 178 g/mol. The van der Waals surface area contributed by atoms with Gasteiger partial charge in [-0.15, -0.1) is 5.10 Å². The van der Waals surface area contributed by atoms with Gasteiger partial charge in [0.2, 0.25) is 0 Å². The number of nitrogens with zero attached hydrogens (tertiary/aromatic N) is 3. The summed E-state index contributed by atoms with van der Waals surface area (Å²) >= 11 is 0. The van der Waals surface area contributed by atoms with Crippen molar-refractivity contribution in [3.8, 4) is 0 Å². The molecule has 1 saturated carbocycles. The van der Waals surface area contributed by atoms with E-state index in [2.05, 4.69) is 15.1 Å². The van der Waals surface area contributed by atoms with Gasteiger partial charge in [0.05, 0.1) is 12.3 Å². The second-order valence-electron chi connectivity index (χ2n) is 3.68. The molecule has 0 unspecified atom stereocenters. The van der Waals surface area contributed by atoms with Crippen LogP contribution in [0.3, 0.4) is 0 Å². The van der Waals surface area contributed by atoms with Gasteiger partial charge >= 0.3 is 0 Å². The van der Waals surface area contributed by atoms with Gasteiger partial charge in [-0.2, -0.15) is 5.10 Å². The molecule has 1 aliphatic rings. The number of hydrogen-bond acceptors (Lipinski definition) is 4. The van der Waals surface area contributed by atoms with Crippen molar-refractivity contribution < 1.29 is 5.11 Å². The summed E-state index contributed by atoms with van der Waals surface area (Å²) in [6, 6.07) is 4.49. The number of aromatic nitrogens is 2. The predicted molar refractivity (Wildman–Crippen MR) is 54.2 cm³/mol. The molecule has 1 aliphatic carbocycles. The van der Waals surface area contributed by atoms with Crippen LogP contribution in [-0.2, 0) is 0 Å². The molecular formula is C10H15N3O. The number of anilines is 1. The van der Waals surface area contributed by atoms with E-state index in [0.717, 1.165) is 11.5 Å². The zero-order valence-corrected chi connectivity index (χ0v) is 8.35. The van der Waals surface area contributed by atoms with Crippen molar-refractivity contribution in [2.45, 2.75) is 25.8 Å². The van der Waals surface area contributed by atoms with E-state index in [0.29, 0.717) is 12.6 Å². The minimum Gasteiger partial charge on any atom is -0.395 e. The Balaban J connectivity index is 2.13. The minimum atomic E-state index is 0.173. The van der Waals surface area contributed by atoms with Crippen LogP contribution in [0.1, 0.15) is 18.5 Å². The van der Waals surface area contributed by atoms with Crippen molar-refractivity contribution in [2.24, 2.45) is 0 Å². The normalized spacial score (nSPS) is 15.6. The highest BCUT2D eigenvalue weighted by molar-refractivity contribution is 5.40. The minimum absolute atomic E-state index is 0.173. The van der Waals surface area contributed by atoms with Crippen LogP contribution in [0.5, 0.6) is 0 Å². The molecule has 4 nitrogen and oxygen atoms in total. The third-order valence-corrected chi connectivity index (χ3v) is 2.41. The Labute approximate surface area is 83.6 Å². The highest BCUT2D eigenvalue weighted by Crippen LogP contribution is 2.29. The predicted octanol–water partition coefficient (Wildman–Crippen LogP) is 0.746. The summed E-state index contributed by atoms with van der Waals surface area (Å²) in [5.74, 6) is 0.882. The Hall–Kier alpha value is -1.16. The summed E-state index contributed by atoms with van der Waals surface area (Å²) in [7, 11) is 0. The van der Waals surface area contributed by atoms with Gasteiger partial charge in [-0.25, -0.2) is 0 Å². The first-order valence-electron chi connectivity index (χ1n) is 4.99. The number of rotatable bonds is 4. The molecule has 14 heavy (non-hydrogen) atoms. The molecule has 1 fully saturated rings. The molecule has 2 rings (SSSR count). The lowest BCUT2D eigenvalue weighted by Crippen LogP contribution is -2.29. The maximum absolute atomic E-state index is 8.94. The Bertz CT molecular complexity index is 295. The number of hydrogen-bond donors (Lipinski definition) is 1. The quantitative estimate of drug-likeness (QED) is 0.766.